The SMILES string of the molecule is CC(CC(N)=O)NC(=O)CC(N)=S. The van der Waals surface area contributed by atoms with Crippen LogP contribution in [0.25, 0.3) is 0 Å². The molecule has 0 fully saturated rings. The highest BCUT2D eigenvalue weighted by Crippen LogP contribution is 1.90. The molecule has 0 bridgehead atoms. The molecule has 0 aliphatic rings. The quantitative estimate of drug-likeness (QED) is 0.501. The second-order valence-corrected chi connectivity index (χ2v) is 3.31. The molecule has 0 aromatic heterocycles. The minimum Gasteiger partial charge on any atom is -0.393 e. The highest BCUT2D eigenvalue weighted by atomic mass is 32.1. The van der Waals surface area contributed by atoms with E-state index in [1.165, 1.54) is 0 Å². The number of nitrogens with two attached hydrogens (primary N) is 2. The summed E-state index contributed by atoms with van der Waals surface area (Å²) in [5, 5.41) is 2.54. The van der Waals surface area contributed by atoms with Crippen molar-refractivity contribution in [2.75, 3.05) is 0 Å². The van der Waals surface area contributed by atoms with Crippen molar-refractivity contribution in [3.05, 3.63) is 0 Å². The predicted molar refractivity (Wildman–Crippen MR) is 52.8 cm³/mol. The van der Waals surface area contributed by atoms with Gasteiger partial charge < -0.3 is 16.8 Å². The van der Waals surface area contributed by atoms with Gasteiger partial charge in [0.05, 0.1) is 11.4 Å². The van der Waals surface area contributed by atoms with Crippen LogP contribution >= 0.6 is 12.2 Å². The van der Waals surface area contributed by atoms with Crippen molar-refractivity contribution in [3.63, 3.8) is 0 Å². The molecule has 13 heavy (non-hydrogen) atoms. The Bertz CT molecular complexity index is 230. The molecule has 0 spiro atoms. The van der Waals surface area contributed by atoms with Gasteiger partial charge in [0, 0.05) is 12.5 Å². The normalized spacial score (nSPS) is 11.8. The summed E-state index contributed by atoms with van der Waals surface area (Å²) in [7, 11) is 0. The number of hydrogen-bond donors (Lipinski definition) is 3. The molecule has 0 radical (unpaired) electrons. The second kappa shape index (κ2) is 5.47. The topological polar surface area (TPSA) is 98.2 Å². The molecule has 0 aromatic carbocycles. The number of carbonyl (C=O) groups is 2. The van der Waals surface area contributed by atoms with Gasteiger partial charge in [0.15, 0.2) is 0 Å². The van der Waals surface area contributed by atoms with Gasteiger partial charge in [0.25, 0.3) is 0 Å². The Hall–Kier alpha value is -1.17. The summed E-state index contributed by atoms with van der Waals surface area (Å²) < 4.78 is 0. The Morgan fingerprint density at radius 2 is 2.00 bits per heavy atom. The van der Waals surface area contributed by atoms with Crippen molar-refractivity contribution in [1.29, 1.82) is 0 Å². The molecular weight excluding hydrogens is 190 g/mol. The first kappa shape index (κ1) is 11.8. The number of carbonyl (C=O) groups excluding carboxylic acids is 2. The number of rotatable bonds is 5. The van der Waals surface area contributed by atoms with E-state index in [-0.39, 0.29) is 29.8 Å². The van der Waals surface area contributed by atoms with Gasteiger partial charge in [-0.3, -0.25) is 9.59 Å². The van der Waals surface area contributed by atoms with Crippen molar-refractivity contribution in [2.24, 2.45) is 11.5 Å². The molecule has 5 N–H and O–H groups in total. The summed E-state index contributed by atoms with van der Waals surface area (Å²) in [6.07, 6.45) is 0.113. The van der Waals surface area contributed by atoms with Crippen molar-refractivity contribution in [2.45, 2.75) is 25.8 Å². The average molecular weight is 203 g/mol. The zero-order chi connectivity index (χ0) is 10.4. The molecule has 0 aromatic rings. The van der Waals surface area contributed by atoms with E-state index in [9.17, 15) is 9.59 Å². The first-order valence-electron chi connectivity index (χ1n) is 3.77. The summed E-state index contributed by atoms with van der Waals surface area (Å²) in [4.78, 5) is 21.6. The molecule has 0 aliphatic carbocycles. The monoisotopic (exact) mass is 203 g/mol. The molecule has 1 atom stereocenters. The zero-order valence-electron chi connectivity index (χ0n) is 7.37. The average Bonchev–Trinajstić information content (AvgIpc) is 1.80. The summed E-state index contributed by atoms with van der Waals surface area (Å²) >= 11 is 4.54. The van der Waals surface area contributed by atoms with E-state index in [1.54, 1.807) is 6.92 Å². The number of thiocarbonyl (C=S) groups is 1. The molecule has 74 valence electrons. The van der Waals surface area contributed by atoms with Crippen LogP contribution in [-0.2, 0) is 9.59 Å². The van der Waals surface area contributed by atoms with E-state index < -0.39 is 5.91 Å². The second-order valence-electron chi connectivity index (χ2n) is 2.78. The van der Waals surface area contributed by atoms with Crippen LogP contribution in [0, 0.1) is 0 Å². The lowest BCUT2D eigenvalue weighted by molar-refractivity contribution is -0.121. The van der Waals surface area contributed by atoms with Gasteiger partial charge in [-0.25, -0.2) is 0 Å². The molecule has 0 aliphatic heterocycles. The van der Waals surface area contributed by atoms with Crippen molar-refractivity contribution in [3.8, 4) is 0 Å². The first-order valence-corrected chi connectivity index (χ1v) is 4.18. The molecule has 2 amide bonds. The van der Waals surface area contributed by atoms with Crippen LogP contribution in [0.5, 0.6) is 0 Å². The summed E-state index contributed by atoms with van der Waals surface area (Å²) in [6.45, 7) is 1.68. The van der Waals surface area contributed by atoms with Crippen LogP contribution in [0.3, 0.4) is 0 Å². The summed E-state index contributed by atoms with van der Waals surface area (Å²) in [6, 6.07) is -0.278. The number of nitrogens with one attached hydrogen (secondary N) is 1. The molecule has 0 rings (SSSR count). The molecule has 1 unspecified atom stereocenters. The maximum atomic E-state index is 11.0. The molecular formula is C7H13N3O2S. The fourth-order valence-electron chi connectivity index (χ4n) is 0.837. The number of hydrogen-bond acceptors (Lipinski definition) is 3. The van der Waals surface area contributed by atoms with E-state index in [0.29, 0.717) is 0 Å². The van der Waals surface area contributed by atoms with Crippen LogP contribution in [0.15, 0.2) is 0 Å². The summed E-state index contributed by atoms with van der Waals surface area (Å²) in [5.74, 6) is -0.746. The smallest absolute Gasteiger partial charge is 0.227 e. The Kier molecular flexibility index (Phi) is 4.98. The molecule has 5 nitrogen and oxygen atoms in total. The Morgan fingerprint density at radius 3 is 2.38 bits per heavy atom. The van der Waals surface area contributed by atoms with Gasteiger partial charge in [-0.1, -0.05) is 12.2 Å². The third-order valence-electron chi connectivity index (χ3n) is 1.25. The fourth-order valence-corrected chi connectivity index (χ4v) is 0.968. The lowest BCUT2D eigenvalue weighted by Gasteiger charge is -2.10. The third kappa shape index (κ3) is 7.20. The minimum atomic E-state index is -0.455. The van der Waals surface area contributed by atoms with Gasteiger partial charge in [0.1, 0.15) is 0 Å². The van der Waals surface area contributed by atoms with Crippen LogP contribution in [-0.4, -0.2) is 22.8 Å². The van der Waals surface area contributed by atoms with E-state index in [1.807, 2.05) is 0 Å². The standard InChI is InChI=1S/C7H13N3O2S/c1-4(2-5(8)11)10-7(12)3-6(9)13/h4H,2-3H2,1H3,(H2,8,11)(H2,9,13)(H,10,12). The Labute approximate surface area is 81.8 Å². The third-order valence-corrected chi connectivity index (χ3v) is 1.39. The zero-order valence-corrected chi connectivity index (χ0v) is 8.19. The lowest BCUT2D eigenvalue weighted by Crippen LogP contribution is -2.37. The van der Waals surface area contributed by atoms with Crippen LogP contribution in [0.2, 0.25) is 0 Å². The van der Waals surface area contributed by atoms with Crippen molar-refractivity contribution in [1.82, 2.24) is 5.32 Å². The lowest BCUT2D eigenvalue weighted by atomic mass is 10.2. The van der Waals surface area contributed by atoms with E-state index in [0.717, 1.165) is 0 Å². The van der Waals surface area contributed by atoms with Crippen molar-refractivity contribution >= 4 is 29.0 Å². The fraction of sp³-hybridized carbons (Fsp3) is 0.571. The highest BCUT2D eigenvalue weighted by molar-refractivity contribution is 7.80. The Morgan fingerprint density at radius 1 is 1.46 bits per heavy atom. The van der Waals surface area contributed by atoms with Gasteiger partial charge in [-0.05, 0) is 6.92 Å². The number of primary amides is 1. The first-order chi connectivity index (χ1) is 5.91. The van der Waals surface area contributed by atoms with Gasteiger partial charge >= 0.3 is 0 Å². The van der Waals surface area contributed by atoms with E-state index >= 15 is 0 Å². The van der Waals surface area contributed by atoms with Gasteiger partial charge in [-0.15, -0.1) is 0 Å². The van der Waals surface area contributed by atoms with E-state index in [4.69, 9.17) is 11.5 Å². The maximum Gasteiger partial charge on any atom is 0.227 e. The van der Waals surface area contributed by atoms with Gasteiger partial charge in [0.2, 0.25) is 11.8 Å². The molecule has 0 saturated heterocycles. The molecule has 0 heterocycles. The minimum absolute atomic E-state index is 0.00155. The van der Waals surface area contributed by atoms with E-state index in [2.05, 4.69) is 17.5 Å². The van der Waals surface area contributed by atoms with Crippen LogP contribution < -0.4 is 16.8 Å². The van der Waals surface area contributed by atoms with Crippen LogP contribution in [0.4, 0.5) is 0 Å². The number of amides is 2. The largest absolute Gasteiger partial charge is 0.393 e. The van der Waals surface area contributed by atoms with Crippen LogP contribution in [0.1, 0.15) is 19.8 Å². The van der Waals surface area contributed by atoms with Crippen molar-refractivity contribution < 1.29 is 9.59 Å². The summed E-state index contributed by atoms with van der Waals surface area (Å²) in [5.41, 5.74) is 10.1. The maximum absolute atomic E-state index is 11.0. The Balaban J connectivity index is 3.78. The molecule has 0 saturated carbocycles. The van der Waals surface area contributed by atoms with Gasteiger partial charge in [-0.2, -0.15) is 0 Å². The predicted octanol–water partition coefficient (Wildman–Crippen LogP) is -0.957. The molecule has 6 heteroatoms. The highest BCUT2D eigenvalue weighted by Gasteiger charge is 2.09.